The molecule has 1 aromatic carbocycles. The van der Waals surface area contributed by atoms with Gasteiger partial charge in [0.1, 0.15) is 0 Å². The molecule has 114 valence electrons. The SMILES string of the molecule is CCn1nc(C)c(Cl)c1CNc1cccc(C(F)(F)F)c1. The predicted molar refractivity (Wildman–Crippen MR) is 76.4 cm³/mol. The van der Waals surface area contributed by atoms with E-state index in [2.05, 4.69) is 10.4 Å². The second kappa shape index (κ2) is 5.97. The number of benzene rings is 1. The van der Waals surface area contributed by atoms with Gasteiger partial charge in [0.05, 0.1) is 28.5 Å². The highest BCUT2D eigenvalue weighted by Gasteiger charge is 2.30. The fraction of sp³-hybridized carbons (Fsp3) is 0.357. The number of halogens is 4. The van der Waals surface area contributed by atoms with Crippen molar-refractivity contribution in [1.29, 1.82) is 0 Å². The van der Waals surface area contributed by atoms with Crippen molar-refractivity contribution in [2.45, 2.75) is 33.1 Å². The Labute approximate surface area is 125 Å². The summed E-state index contributed by atoms with van der Waals surface area (Å²) in [4.78, 5) is 0. The molecule has 1 heterocycles. The van der Waals surface area contributed by atoms with Crippen LogP contribution in [0.15, 0.2) is 24.3 Å². The number of nitrogens with zero attached hydrogens (tertiary/aromatic N) is 2. The number of hydrogen-bond acceptors (Lipinski definition) is 2. The van der Waals surface area contributed by atoms with Gasteiger partial charge in [-0.05, 0) is 32.0 Å². The molecule has 0 radical (unpaired) electrons. The van der Waals surface area contributed by atoms with Crippen molar-refractivity contribution >= 4 is 17.3 Å². The number of nitrogens with one attached hydrogen (secondary N) is 1. The Kier molecular flexibility index (Phi) is 4.46. The van der Waals surface area contributed by atoms with Gasteiger partial charge in [-0.2, -0.15) is 18.3 Å². The van der Waals surface area contributed by atoms with E-state index < -0.39 is 11.7 Å². The molecule has 0 fully saturated rings. The molecular weight excluding hydrogens is 303 g/mol. The zero-order valence-electron chi connectivity index (χ0n) is 11.6. The minimum atomic E-state index is -4.35. The van der Waals surface area contributed by atoms with E-state index in [4.69, 9.17) is 11.6 Å². The molecule has 1 aromatic heterocycles. The molecule has 0 aliphatic rings. The Balaban J connectivity index is 2.17. The zero-order chi connectivity index (χ0) is 15.6. The Bertz CT molecular complexity index is 635. The van der Waals surface area contributed by atoms with Crippen LogP contribution in [-0.2, 0) is 19.3 Å². The summed E-state index contributed by atoms with van der Waals surface area (Å²) in [7, 11) is 0. The Morgan fingerprint density at radius 1 is 1.33 bits per heavy atom. The van der Waals surface area contributed by atoms with Crippen molar-refractivity contribution in [2.24, 2.45) is 0 Å². The van der Waals surface area contributed by atoms with E-state index in [1.54, 1.807) is 17.7 Å². The molecule has 1 N–H and O–H groups in total. The van der Waals surface area contributed by atoms with Gasteiger partial charge in [-0.1, -0.05) is 17.7 Å². The van der Waals surface area contributed by atoms with Crippen molar-refractivity contribution in [3.05, 3.63) is 46.2 Å². The van der Waals surface area contributed by atoms with Crippen LogP contribution in [0.2, 0.25) is 5.02 Å². The minimum absolute atomic E-state index is 0.314. The molecule has 0 amide bonds. The number of hydrogen-bond donors (Lipinski definition) is 1. The van der Waals surface area contributed by atoms with Crippen LogP contribution in [0, 0.1) is 6.92 Å². The van der Waals surface area contributed by atoms with Crippen LogP contribution >= 0.6 is 11.6 Å². The predicted octanol–water partition coefficient (Wildman–Crippen LogP) is 4.50. The van der Waals surface area contributed by atoms with Crippen LogP contribution in [0.5, 0.6) is 0 Å². The lowest BCUT2D eigenvalue weighted by atomic mass is 10.2. The Morgan fingerprint density at radius 2 is 2.05 bits per heavy atom. The molecule has 0 aliphatic heterocycles. The summed E-state index contributed by atoms with van der Waals surface area (Å²) in [5.74, 6) is 0. The second-order valence-corrected chi connectivity index (χ2v) is 4.97. The van der Waals surface area contributed by atoms with Crippen LogP contribution in [0.25, 0.3) is 0 Å². The summed E-state index contributed by atoms with van der Waals surface area (Å²) in [6, 6.07) is 5.07. The first kappa shape index (κ1) is 15.7. The summed E-state index contributed by atoms with van der Waals surface area (Å²) >= 11 is 6.16. The normalized spacial score (nSPS) is 11.7. The number of rotatable bonds is 4. The average Bonchev–Trinajstić information content (AvgIpc) is 2.71. The zero-order valence-corrected chi connectivity index (χ0v) is 12.4. The summed E-state index contributed by atoms with van der Waals surface area (Å²) in [6.45, 7) is 4.68. The molecule has 2 aromatic rings. The fourth-order valence-electron chi connectivity index (χ4n) is 2.03. The highest BCUT2D eigenvalue weighted by molar-refractivity contribution is 6.31. The number of aromatic nitrogens is 2. The number of alkyl halides is 3. The molecule has 0 atom stereocenters. The van der Waals surface area contributed by atoms with E-state index in [1.165, 1.54) is 6.07 Å². The molecule has 2 rings (SSSR count). The summed E-state index contributed by atoms with van der Waals surface area (Å²) in [5, 5.41) is 7.76. The number of aryl methyl sites for hydroxylation is 2. The van der Waals surface area contributed by atoms with Crippen molar-refractivity contribution in [1.82, 2.24) is 9.78 Å². The monoisotopic (exact) mass is 317 g/mol. The van der Waals surface area contributed by atoms with Gasteiger partial charge in [-0.25, -0.2) is 0 Å². The van der Waals surface area contributed by atoms with Crippen LogP contribution < -0.4 is 5.32 Å². The second-order valence-electron chi connectivity index (χ2n) is 4.59. The number of anilines is 1. The van der Waals surface area contributed by atoms with E-state index >= 15 is 0 Å². The molecule has 0 bridgehead atoms. The van der Waals surface area contributed by atoms with Gasteiger partial charge in [0.15, 0.2) is 0 Å². The highest BCUT2D eigenvalue weighted by Crippen LogP contribution is 2.31. The van der Waals surface area contributed by atoms with Gasteiger partial charge in [0, 0.05) is 12.2 Å². The van der Waals surface area contributed by atoms with E-state index in [0.717, 1.165) is 17.8 Å². The quantitative estimate of drug-likeness (QED) is 0.900. The minimum Gasteiger partial charge on any atom is -0.379 e. The molecule has 0 saturated carbocycles. The molecular formula is C14H15ClF3N3. The van der Waals surface area contributed by atoms with Gasteiger partial charge in [0.2, 0.25) is 0 Å². The van der Waals surface area contributed by atoms with E-state index in [9.17, 15) is 13.2 Å². The fourth-order valence-corrected chi connectivity index (χ4v) is 2.23. The average molecular weight is 318 g/mol. The van der Waals surface area contributed by atoms with Crippen molar-refractivity contribution in [2.75, 3.05) is 5.32 Å². The van der Waals surface area contributed by atoms with Crippen LogP contribution in [0.4, 0.5) is 18.9 Å². The van der Waals surface area contributed by atoms with Crippen LogP contribution in [0.1, 0.15) is 23.9 Å². The molecule has 7 heteroatoms. The largest absolute Gasteiger partial charge is 0.416 e. The van der Waals surface area contributed by atoms with Crippen molar-refractivity contribution in [3.63, 3.8) is 0 Å². The van der Waals surface area contributed by atoms with Gasteiger partial charge in [-0.15, -0.1) is 0 Å². The topological polar surface area (TPSA) is 29.9 Å². The molecule has 0 aliphatic carbocycles. The molecule has 21 heavy (non-hydrogen) atoms. The smallest absolute Gasteiger partial charge is 0.379 e. The molecule has 3 nitrogen and oxygen atoms in total. The first-order valence-electron chi connectivity index (χ1n) is 6.45. The molecule has 0 spiro atoms. The Morgan fingerprint density at radius 3 is 2.67 bits per heavy atom. The summed E-state index contributed by atoms with van der Waals surface area (Å²) < 4.78 is 39.7. The Hall–Kier alpha value is -1.69. The van der Waals surface area contributed by atoms with E-state index in [-0.39, 0.29) is 0 Å². The first-order valence-corrected chi connectivity index (χ1v) is 6.83. The van der Waals surface area contributed by atoms with Gasteiger partial charge in [0.25, 0.3) is 0 Å². The third-order valence-electron chi connectivity index (χ3n) is 3.10. The maximum atomic E-state index is 12.7. The van der Waals surface area contributed by atoms with Gasteiger partial charge in [-0.3, -0.25) is 4.68 Å². The van der Waals surface area contributed by atoms with Gasteiger partial charge < -0.3 is 5.32 Å². The summed E-state index contributed by atoms with van der Waals surface area (Å²) in [6.07, 6.45) is -4.35. The highest BCUT2D eigenvalue weighted by atomic mass is 35.5. The third-order valence-corrected chi connectivity index (χ3v) is 3.59. The lowest BCUT2D eigenvalue weighted by molar-refractivity contribution is -0.137. The van der Waals surface area contributed by atoms with Gasteiger partial charge >= 0.3 is 6.18 Å². The summed E-state index contributed by atoms with van der Waals surface area (Å²) in [5.41, 5.74) is 1.18. The van der Waals surface area contributed by atoms with Crippen molar-refractivity contribution in [3.8, 4) is 0 Å². The van der Waals surface area contributed by atoms with E-state index in [1.807, 2.05) is 6.92 Å². The first-order chi connectivity index (χ1) is 9.82. The van der Waals surface area contributed by atoms with E-state index in [0.29, 0.717) is 29.5 Å². The maximum absolute atomic E-state index is 12.7. The lowest BCUT2D eigenvalue weighted by Crippen LogP contribution is -2.09. The molecule has 0 unspecified atom stereocenters. The standard InChI is InChI=1S/C14H15ClF3N3/c1-3-21-12(13(15)9(2)20-21)8-19-11-6-4-5-10(7-11)14(16,17)18/h4-7,19H,3,8H2,1-2H3. The molecule has 0 saturated heterocycles. The maximum Gasteiger partial charge on any atom is 0.416 e. The third kappa shape index (κ3) is 3.50. The lowest BCUT2D eigenvalue weighted by Gasteiger charge is -2.11. The van der Waals surface area contributed by atoms with Crippen LogP contribution in [-0.4, -0.2) is 9.78 Å². The van der Waals surface area contributed by atoms with Crippen LogP contribution in [0.3, 0.4) is 0 Å². The van der Waals surface area contributed by atoms with Crippen molar-refractivity contribution < 1.29 is 13.2 Å².